The number of carbonyl (C=O) groups excluding carboxylic acids is 1. The van der Waals surface area contributed by atoms with Gasteiger partial charge in [0.1, 0.15) is 0 Å². The number of sulfone groups is 1. The zero-order valence-corrected chi connectivity index (χ0v) is 14.2. The second kappa shape index (κ2) is 7.35. The van der Waals surface area contributed by atoms with Crippen LogP contribution in [0, 0.1) is 5.92 Å². The third-order valence-corrected chi connectivity index (χ3v) is 5.37. The molecule has 1 atom stereocenters. The Kier molecular flexibility index (Phi) is 6.24. The highest BCUT2D eigenvalue weighted by Gasteiger charge is 2.29. The Morgan fingerprint density at radius 3 is 2.17 bits per heavy atom. The standard InChI is InChI=1S/C15H22F2N2O3S/c1-10(2)15(3,9-18)19-13(20)8-11-4-6-12(7-5-11)23(21,22)14(16)17/h4-7,10,14H,8-9,18H2,1-3H3,(H,19,20). The first-order chi connectivity index (χ1) is 10.5. The summed E-state index contributed by atoms with van der Waals surface area (Å²) in [6.07, 6.45) is 0.0112. The van der Waals surface area contributed by atoms with Gasteiger partial charge in [-0.2, -0.15) is 8.78 Å². The molecule has 0 aliphatic heterocycles. The molecule has 0 saturated carbocycles. The normalized spacial score (nSPS) is 14.8. The van der Waals surface area contributed by atoms with E-state index in [9.17, 15) is 22.0 Å². The van der Waals surface area contributed by atoms with E-state index in [0.29, 0.717) is 5.56 Å². The van der Waals surface area contributed by atoms with Gasteiger partial charge in [0.2, 0.25) is 15.7 Å². The summed E-state index contributed by atoms with van der Waals surface area (Å²) in [6.45, 7) is 6.00. The molecule has 0 aliphatic rings. The summed E-state index contributed by atoms with van der Waals surface area (Å²) >= 11 is 0. The fraction of sp³-hybridized carbons (Fsp3) is 0.533. The van der Waals surface area contributed by atoms with Crippen molar-refractivity contribution in [1.82, 2.24) is 5.32 Å². The van der Waals surface area contributed by atoms with Crippen molar-refractivity contribution in [3.05, 3.63) is 29.8 Å². The summed E-state index contributed by atoms with van der Waals surface area (Å²) in [6, 6.07) is 4.86. The number of carbonyl (C=O) groups is 1. The van der Waals surface area contributed by atoms with Crippen LogP contribution in [0.1, 0.15) is 26.3 Å². The van der Waals surface area contributed by atoms with Crippen molar-refractivity contribution in [3.8, 4) is 0 Å². The van der Waals surface area contributed by atoms with Crippen LogP contribution in [-0.2, 0) is 21.1 Å². The molecule has 23 heavy (non-hydrogen) atoms. The number of hydrogen-bond acceptors (Lipinski definition) is 4. The van der Waals surface area contributed by atoms with E-state index in [-0.39, 0.29) is 24.8 Å². The third-order valence-electron chi connectivity index (χ3n) is 3.97. The van der Waals surface area contributed by atoms with Gasteiger partial charge >= 0.3 is 5.76 Å². The Labute approximate surface area is 135 Å². The van der Waals surface area contributed by atoms with Crippen LogP contribution in [-0.4, -0.2) is 32.2 Å². The molecule has 0 aromatic heterocycles. The summed E-state index contributed by atoms with van der Waals surface area (Å²) in [5.41, 5.74) is 5.67. The minimum Gasteiger partial charge on any atom is -0.349 e. The summed E-state index contributed by atoms with van der Waals surface area (Å²) in [5, 5.41) is 2.85. The van der Waals surface area contributed by atoms with Gasteiger partial charge in [-0.25, -0.2) is 8.42 Å². The number of amides is 1. The monoisotopic (exact) mass is 348 g/mol. The van der Waals surface area contributed by atoms with Crippen LogP contribution < -0.4 is 11.1 Å². The van der Waals surface area contributed by atoms with Crippen molar-refractivity contribution < 1.29 is 22.0 Å². The molecule has 5 nitrogen and oxygen atoms in total. The second-order valence-corrected chi connectivity index (χ2v) is 7.87. The molecular weight excluding hydrogens is 326 g/mol. The van der Waals surface area contributed by atoms with E-state index in [1.165, 1.54) is 12.1 Å². The van der Waals surface area contributed by atoms with Crippen molar-refractivity contribution in [2.45, 2.75) is 43.4 Å². The van der Waals surface area contributed by atoms with Gasteiger partial charge < -0.3 is 11.1 Å². The maximum atomic E-state index is 12.4. The number of alkyl halides is 2. The van der Waals surface area contributed by atoms with Crippen LogP contribution in [0.2, 0.25) is 0 Å². The largest absolute Gasteiger partial charge is 0.349 e. The molecule has 1 amide bonds. The smallest absolute Gasteiger partial charge is 0.341 e. The van der Waals surface area contributed by atoms with Crippen LogP contribution >= 0.6 is 0 Å². The first kappa shape index (κ1) is 19.5. The van der Waals surface area contributed by atoms with Crippen LogP contribution in [0.25, 0.3) is 0 Å². The zero-order chi connectivity index (χ0) is 17.8. The maximum Gasteiger partial charge on any atom is 0.341 e. The van der Waals surface area contributed by atoms with Gasteiger partial charge in [0.15, 0.2) is 0 Å². The summed E-state index contributed by atoms with van der Waals surface area (Å²) in [4.78, 5) is 11.6. The Bertz CT molecular complexity index is 645. The number of nitrogens with one attached hydrogen (secondary N) is 1. The lowest BCUT2D eigenvalue weighted by molar-refractivity contribution is -0.122. The lowest BCUT2D eigenvalue weighted by Crippen LogP contribution is -2.55. The predicted molar refractivity (Wildman–Crippen MR) is 83.8 cm³/mol. The first-order valence-corrected chi connectivity index (χ1v) is 8.69. The summed E-state index contributed by atoms with van der Waals surface area (Å²) in [5.74, 6) is -3.60. The van der Waals surface area contributed by atoms with Crippen molar-refractivity contribution in [2.75, 3.05) is 6.54 Å². The molecule has 0 saturated heterocycles. The van der Waals surface area contributed by atoms with Gasteiger partial charge in [-0.05, 0) is 30.5 Å². The molecule has 0 bridgehead atoms. The molecule has 0 radical (unpaired) electrons. The number of halogens is 2. The highest BCUT2D eigenvalue weighted by molar-refractivity contribution is 7.91. The van der Waals surface area contributed by atoms with E-state index in [1.54, 1.807) is 0 Å². The Balaban J connectivity index is 2.82. The van der Waals surface area contributed by atoms with Crippen molar-refractivity contribution in [2.24, 2.45) is 11.7 Å². The fourth-order valence-electron chi connectivity index (χ4n) is 1.88. The molecule has 8 heteroatoms. The molecule has 0 spiro atoms. The van der Waals surface area contributed by atoms with Gasteiger partial charge in [-0.15, -0.1) is 0 Å². The molecule has 1 aromatic carbocycles. The Morgan fingerprint density at radius 2 is 1.78 bits per heavy atom. The van der Waals surface area contributed by atoms with Crippen molar-refractivity contribution in [3.63, 3.8) is 0 Å². The third kappa shape index (κ3) is 4.71. The van der Waals surface area contributed by atoms with Crippen LogP contribution in [0.3, 0.4) is 0 Å². The van der Waals surface area contributed by atoms with Gasteiger partial charge in [-0.1, -0.05) is 26.0 Å². The Hall–Kier alpha value is -1.54. The number of hydrogen-bond donors (Lipinski definition) is 2. The number of rotatable bonds is 7. The van der Waals surface area contributed by atoms with Gasteiger partial charge in [-0.3, -0.25) is 4.79 Å². The second-order valence-electron chi connectivity index (χ2n) is 5.95. The average Bonchev–Trinajstić information content (AvgIpc) is 2.47. The SMILES string of the molecule is CC(C)C(C)(CN)NC(=O)Cc1ccc(S(=O)(=O)C(F)F)cc1. The lowest BCUT2D eigenvalue weighted by Gasteiger charge is -2.33. The van der Waals surface area contributed by atoms with Crippen molar-refractivity contribution >= 4 is 15.7 Å². The van der Waals surface area contributed by atoms with Gasteiger partial charge in [0, 0.05) is 6.54 Å². The molecule has 1 unspecified atom stereocenters. The van der Waals surface area contributed by atoms with E-state index < -0.39 is 26.0 Å². The maximum absolute atomic E-state index is 12.4. The quantitative estimate of drug-likeness (QED) is 0.785. The van der Waals surface area contributed by atoms with E-state index in [4.69, 9.17) is 5.73 Å². The minimum absolute atomic E-state index is 0.0112. The van der Waals surface area contributed by atoms with Crippen molar-refractivity contribution in [1.29, 1.82) is 0 Å². The number of benzene rings is 1. The van der Waals surface area contributed by atoms with Crippen LogP contribution in [0.5, 0.6) is 0 Å². The van der Waals surface area contributed by atoms with E-state index in [1.807, 2.05) is 20.8 Å². The summed E-state index contributed by atoms with van der Waals surface area (Å²) in [7, 11) is -4.62. The Morgan fingerprint density at radius 1 is 1.26 bits per heavy atom. The van der Waals surface area contributed by atoms with Gasteiger partial charge in [0.25, 0.3) is 0 Å². The van der Waals surface area contributed by atoms with Crippen LogP contribution in [0.4, 0.5) is 8.78 Å². The van der Waals surface area contributed by atoms with E-state index >= 15 is 0 Å². The predicted octanol–water partition coefficient (Wildman–Crippen LogP) is 1.72. The molecule has 130 valence electrons. The zero-order valence-electron chi connectivity index (χ0n) is 13.3. The van der Waals surface area contributed by atoms with Gasteiger partial charge in [0.05, 0.1) is 16.9 Å². The first-order valence-electron chi connectivity index (χ1n) is 7.15. The topological polar surface area (TPSA) is 89.3 Å². The average molecular weight is 348 g/mol. The molecule has 3 N–H and O–H groups in total. The highest BCUT2D eigenvalue weighted by atomic mass is 32.2. The molecule has 1 rings (SSSR count). The van der Waals surface area contributed by atoms with E-state index in [2.05, 4.69) is 5.32 Å². The van der Waals surface area contributed by atoms with E-state index in [0.717, 1.165) is 12.1 Å². The summed E-state index contributed by atoms with van der Waals surface area (Å²) < 4.78 is 47.5. The molecule has 1 aromatic rings. The molecule has 0 aliphatic carbocycles. The van der Waals surface area contributed by atoms with Crippen LogP contribution in [0.15, 0.2) is 29.2 Å². The molecule has 0 fully saturated rings. The minimum atomic E-state index is -4.62. The number of nitrogens with two attached hydrogens (primary N) is 1. The molecule has 0 heterocycles. The fourth-order valence-corrected chi connectivity index (χ4v) is 2.60. The molecular formula is C15H22F2N2O3S. The highest BCUT2D eigenvalue weighted by Crippen LogP contribution is 2.19. The lowest BCUT2D eigenvalue weighted by atomic mass is 9.88.